The number of rotatable bonds is 3. The number of hydrazone groups is 1. The lowest BCUT2D eigenvalue weighted by atomic mass is 10.2. The summed E-state index contributed by atoms with van der Waals surface area (Å²) >= 11 is 0. The van der Waals surface area contributed by atoms with Crippen LogP contribution in [0, 0.1) is 0 Å². The fourth-order valence-electron chi connectivity index (χ4n) is 1.43. The quantitative estimate of drug-likeness (QED) is 0.661. The summed E-state index contributed by atoms with van der Waals surface area (Å²) in [5.74, 6) is 0.672. The molecular formula is C14H16N4. The van der Waals surface area contributed by atoms with Gasteiger partial charge in [-0.25, -0.2) is 0 Å². The van der Waals surface area contributed by atoms with Crippen molar-refractivity contribution in [2.75, 3.05) is 5.43 Å². The van der Waals surface area contributed by atoms with Crippen molar-refractivity contribution < 1.29 is 0 Å². The van der Waals surface area contributed by atoms with Crippen LogP contribution in [-0.2, 0) is 0 Å². The molecule has 0 aliphatic carbocycles. The second kappa shape index (κ2) is 5.40. The van der Waals surface area contributed by atoms with E-state index in [0.717, 1.165) is 16.3 Å². The van der Waals surface area contributed by atoms with Crippen LogP contribution in [0.2, 0.25) is 0 Å². The minimum absolute atomic E-state index is 0.672. The number of nitrogens with zero attached hydrogens (tertiary/aromatic N) is 3. The van der Waals surface area contributed by atoms with Crippen LogP contribution in [0.4, 0.5) is 5.82 Å². The van der Waals surface area contributed by atoms with Crippen LogP contribution < -0.4 is 5.43 Å². The first-order chi connectivity index (χ1) is 8.68. The molecule has 18 heavy (non-hydrogen) atoms. The average Bonchev–Trinajstić information content (AvgIpc) is 2.38. The lowest BCUT2D eigenvalue weighted by molar-refractivity contribution is 1.04. The molecule has 2 aromatic rings. The molecule has 0 fully saturated rings. The zero-order valence-corrected chi connectivity index (χ0v) is 10.8. The van der Waals surface area contributed by atoms with E-state index in [1.54, 1.807) is 12.4 Å². The van der Waals surface area contributed by atoms with Gasteiger partial charge in [0, 0.05) is 10.8 Å². The van der Waals surface area contributed by atoms with E-state index in [1.807, 2.05) is 31.2 Å². The molecule has 0 unspecified atom stereocenters. The molecule has 0 saturated carbocycles. The second-order valence-corrected chi connectivity index (χ2v) is 4.33. The van der Waals surface area contributed by atoms with Crippen molar-refractivity contribution >= 4 is 22.8 Å². The molecule has 92 valence electrons. The minimum Gasteiger partial charge on any atom is -0.259 e. The Hall–Kier alpha value is -2.23. The molecule has 1 heterocycles. The molecule has 0 aliphatic heterocycles. The molecular weight excluding hydrogens is 224 g/mol. The Kier molecular flexibility index (Phi) is 3.67. The monoisotopic (exact) mass is 240 g/mol. The standard InChI is InChI=1S/C14H16N4/c1-10(2)11(3)8-15-17-14-13-7-5-4-6-12(13)9-16-18-14/h4-9H,1-3H3,(H,17,18)/b15-8+. The van der Waals surface area contributed by atoms with Gasteiger partial charge >= 0.3 is 0 Å². The first-order valence-corrected chi connectivity index (χ1v) is 5.82. The van der Waals surface area contributed by atoms with Crippen LogP contribution >= 0.6 is 0 Å². The van der Waals surface area contributed by atoms with Gasteiger partial charge in [-0.05, 0) is 26.3 Å². The van der Waals surface area contributed by atoms with Crippen LogP contribution in [0.15, 0.2) is 46.7 Å². The Bertz CT molecular complexity index is 605. The fraction of sp³-hybridized carbons (Fsp3) is 0.214. The van der Waals surface area contributed by atoms with Gasteiger partial charge in [-0.2, -0.15) is 10.2 Å². The Labute approximate surface area is 106 Å². The number of fused-ring (bicyclic) bond motifs is 1. The summed E-state index contributed by atoms with van der Waals surface area (Å²) in [4.78, 5) is 0. The van der Waals surface area contributed by atoms with E-state index in [2.05, 4.69) is 34.6 Å². The normalized spacial score (nSPS) is 10.8. The Balaban J connectivity index is 2.25. The van der Waals surface area contributed by atoms with Crippen molar-refractivity contribution in [2.45, 2.75) is 20.8 Å². The van der Waals surface area contributed by atoms with E-state index in [9.17, 15) is 0 Å². The van der Waals surface area contributed by atoms with Gasteiger partial charge < -0.3 is 0 Å². The smallest absolute Gasteiger partial charge is 0.176 e. The molecule has 1 N–H and O–H groups in total. The van der Waals surface area contributed by atoms with E-state index >= 15 is 0 Å². The number of benzene rings is 1. The van der Waals surface area contributed by atoms with Crippen LogP contribution in [0.5, 0.6) is 0 Å². The van der Waals surface area contributed by atoms with E-state index < -0.39 is 0 Å². The number of anilines is 1. The molecule has 2 rings (SSSR count). The highest BCUT2D eigenvalue weighted by atomic mass is 15.3. The van der Waals surface area contributed by atoms with Crippen LogP contribution in [-0.4, -0.2) is 16.4 Å². The molecule has 1 aromatic carbocycles. The summed E-state index contributed by atoms with van der Waals surface area (Å²) in [5, 5.41) is 14.2. The maximum atomic E-state index is 4.18. The highest BCUT2D eigenvalue weighted by Gasteiger charge is 2.00. The fourth-order valence-corrected chi connectivity index (χ4v) is 1.43. The zero-order valence-electron chi connectivity index (χ0n) is 10.8. The summed E-state index contributed by atoms with van der Waals surface area (Å²) in [6.07, 6.45) is 3.53. The zero-order chi connectivity index (χ0) is 13.0. The third kappa shape index (κ3) is 2.71. The molecule has 0 saturated heterocycles. The van der Waals surface area contributed by atoms with Gasteiger partial charge in [0.25, 0.3) is 0 Å². The van der Waals surface area contributed by atoms with Crippen molar-refractivity contribution in [1.82, 2.24) is 10.2 Å². The number of nitrogens with one attached hydrogen (secondary N) is 1. The summed E-state index contributed by atoms with van der Waals surface area (Å²) in [6, 6.07) is 7.94. The van der Waals surface area contributed by atoms with Crippen molar-refractivity contribution in [3.8, 4) is 0 Å². The molecule has 0 radical (unpaired) electrons. The Morgan fingerprint density at radius 1 is 1.22 bits per heavy atom. The molecule has 0 amide bonds. The van der Waals surface area contributed by atoms with Gasteiger partial charge in [0.1, 0.15) is 0 Å². The summed E-state index contributed by atoms with van der Waals surface area (Å²) in [5.41, 5.74) is 5.31. The summed E-state index contributed by atoms with van der Waals surface area (Å²) in [6.45, 7) is 6.13. The SMILES string of the molecule is CC(C)=C(C)/C=N/Nc1nncc2ccccc12. The number of allylic oxidation sites excluding steroid dienone is 2. The Morgan fingerprint density at radius 2 is 2.00 bits per heavy atom. The van der Waals surface area contributed by atoms with Crippen molar-refractivity contribution in [2.24, 2.45) is 5.10 Å². The lowest BCUT2D eigenvalue weighted by Gasteiger charge is -2.03. The number of aromatic nitrogens is 2. The number of hydrogen-bond donors (Lipinski definition) is 1. The molecule has 0 spiro atoms. The van der Waals surface area contributed by atoms with Gasteiger partial charge in [-0.1, -0.05) is 29.8 Å². The largest absolute Gasteiger partial charge is 0.259 e. The minimum atomic E-state index is 0.672. The van der Waals surface area contributed by atoms with Crippen LogP contribution in [0.25, 0.3) is 10.8 Å². The molecule has 4 heteroatoms. The van der Waals surface area contributed by atoms with E-state index in [4.69, 9.17) is 0 Å². The van der Waals surface area contributed by atoms with E-state index in [1.165, 1.54) is 5.57 Å². The Morgan fingerprint density at radius 3 is 2.78 bits per heavy atom. The molecule has 4 nitrogen and oxygen atoms in total. The van der Waals surface area contributed by atoms with Crippen molar-refractivity contribution in [3.63, 3.8) is 0 Å². The van der Waals surface area contributed by atoms with Crippen molar-refractivity contribution in [1.29, 1.82) is 0 Å². The summed E-state index contributed by atoms with van der Waals surface area (Å²) in [7, 11) is 0. The number of hydrogen-bond acceptors (Lipinski definition) is 4. The van der Waals surface area contributed by atoms with Crippen LogP contribution in [0.1, 0.15) is 20.8 Å². The highest BCUT2D eigenvalue weighted by Crippen LogP contribution is 2.18. The van der Waals surface area contributed by atoms with Gasteiger partial charge in [0.15, 0.2) is 5.82 Å². The first-order valence-electron chi connectivity index (χ1n) is 5.82. The van der Waals surface area contributed by atoms with Crippen LogP contribution in [0.3, 0.4) is 0 Å². The van der Waals surface area contributed by atoms with Gasteiger partial charge in [0.05, 0.1) is 12.4 Å². The molecule has 1 aromatic heterocycles. The van der Waals surface area contributed by atoms with E-state index in [-0.39, 0.29) is 0 Å². The highest BCUT2D eigenvalue weighted by molar-refractivity contribution is 5.91. The first kappa shape index (κ1) is 12.2. The van der Waals surface area contributed by atoms with Gasteiger partial charge in [-0.3, -0.25) is 5.43 Å². The molecule has 0 atom stereocenters. The van der Waals surface area contributed by atoms with Crippen molar-refractivity contribution in [3.05, 3.63) is 41.6 Å². The third-order valence-corrected chi connectivity index (χ3v) is 2.79. The van der Waals surface area contributed by atoms with Gasteiger partial charge in [-0.15, -0.1) is 5.10 Å². The maximum Gasteiger partial charge on any atom is 0.176 e. The summed E-state index contributed by atoms with van der Waals surface area (Å²) < 4.78 is 0. The predicted molar refractivity (Wildman–Crippen MR) is 75.7 cm³/mol. The van der Waals surface area contributed by atoms with E-state index in [0.29, 0.717) is 5.82 Å². The predicted octanol–water partition coefficient (Wildman–Crippen LogP) is 3.38. The van der Waals surface area contributed by atoms with Gasteiger partial charge in [0.2, 0.25) is 0 Å². The second-order valence-electron chi connectivity index (χ2n) is 4.33. The maximum absolute atomic E-state index is 4.18. The third-order valence-electron chi connectivity index (χ3n) is 2.79. The molecule has 0 bridgehead atoms. The lowest BCUT2D eigenvalue weighted by Crippen LogP contribution is -1.96. The molecule has 0 aliphatic rings. The average molecular weight is 240 g/mol. The topological polar surface area (TPSA) is 50.2 Å².